The molecule has 1 fully saturated rings. The largest absolute Gasteiger partial charge is 0.508 e. The van der Waals surface area contributed by atoms with Crippen molar-refractivity contribution >= 4 is 15.9 Å². The number of halogens is 2. The molecule has 2 N–H and O–H groups in total. The molecule has 1 aromatic carbocycles. The summed E-state index contributed by atoms with van der Waals surface area (Å²) in [5.74, 6) is -0.304. The fourth-order valence-electron chi connectivity index (χ4n) is 1.60. The van der Waals surface area contributed by atoms with Gasteiger partial charge in [0.25, 0.3) is 0 Å². The van der Waals surface area contributed by atoms with E-state index in [2.05, 4.69) is 21.2 Å². The van der Waals surface area contributed by atoms with Crippen molar-refractivity contribution in [1.82, 2.24) is 5.32 Å². The van der Waals surface area contributed by atoms with Crippen LogP contribution in [-0.2, 0) is 4.74 Å². The van der Waals surface area contributed by atoms with E-state index in [1.807, 2.05) is 0 Å². The highest BCUT2D eigenvalue weighted by molar-refractivity contribution is 9.10. The van der Waals surface area contributed by atoms with Crippen molar-refractivity contribution in [2.75, 3.05) is 19.8 Å². The van der Waals surface area contributed by atoms with Gasteiger partial charge in [-0.05, 0) is 28.1 Å². The van der Waals surface area contributed by atoms with Gasteiger partial charge in [-0.25, -0.2) is 4.39 Å². The fraction of sp³-hybridized carbons (Fsp3) is 0.400. The molecule has 1 aliphatic heterocycles. The van der Waals surface area contributed by atoms with Crippen LogP contribution in [0.15, 0.2) is 16.6 Å². The summed E-state index contributed by atoms with van der Waals surface area (Å²) in [4.78, 5) is 0. The van der Waals surface area contributed by atoms with Crippen LogP contribution in [0, 0.1) is 5.82 Å². The van der Waals surface area contributed by atoms with Crippen molar-refractivity contribution < 1.29 is 14.2 Å². The van der Waals surface area contributed by atoms with E-state index in [0.717, 1.165) is 0 Å². The lowest BCUT2D eigenvalue weighted by molar-refractivity contribution is 0.0760. The molecular formula is C10H11BrFNO2. The van der Waals surface area contributed by atoms with E-state index in [-0.39, 0.29) is 22.1 Å². The number of phenols is 1. The number of phenolic OH excluding ortho intramolecular Hbond substituents is 1. The topological polar surface area (TPSA) is 41.5 Å². The van der Waals surface area contributed by atoms with Crippen LogP contribution in [0.2, 0.25) is 0 Å². The standard InChI is InChI=1S/C10H11BrFNO2/c11-7-4-10(14)6(3-8(7)12)9-5-15-2-1-13-9/h3-4,9,13-14H,1-2,5H2. The van der Waals surface area contributed by atoms with Crippen molar-refractivity contribution in [2.45, 2.75) is 6.04 Å². The molecule has 1 aliphatic rings. The van der Waals surface area contributed by atoms with Gasteiger partial charge in [0.2, 0.25) is 0 Å². The third-order valence-electron chi connectivity index (χ3n) is 2.37. The van der Waals surface area contributed by atoms with E-state index in [1.54, 1.807) is 0 Å². The van der Waals surface area contributed by atoms with Crippen molar-refractivity contribution in [3.8, 4) is 5.75 Å². The maximum absolute atomic E-state index is 13.3. The Balaban J connectivity index is 2.30. The molecule has 3 nitrogen and oxygen atoms in total. The average Bonchev–Trinajstić information content (AvgIpc) is 2.25. The van der Waals surface area contributed by atoms with Gasteiger partial charge in [0.05, 0.1) is 23.7 Å². The fourth-order valence-corrected chi connectivity index (χ4v) is 1.93. The normalized spacial score (nSPS) is 21.6. The second-order valence-electron chi connectivity index (χ2n) is 3.41. The second kappa shape index (κ2) is 4.47. The lowest BCUT2D eigenvalue weighted by atomic mass is 10.1. The maximum atomic E-state index is 13.3. The third-order valence-corrected chi connectivity index (χ3v) is 2.97. The minimum Gasteiger partial charge on any atom is -0.508 e. The average molecular weight is 276 g/mol. The summed E-state index contributed by atoms with van der Waals surface area (Å²) in [6.45, 7) is 1.81. The summed E-state index contributed by atoms with van der Waals surface area (Å²) < 4.78 is 18.8. The second-order valence-corrected chi connectivity index (χ2v) is 4.26. The number of morpholine rings is 1. The maximum Gasteiger partial charge on any atom is 0.137 e. The first kappa shape index (κ1) is 10.9. The molecule has 82 valence electrons. The van der Waals surface area contributed by atoms with E-state index < -0.39 is 0 Å². The Kier molecular flexibility index (Phi) is 3.23. The first-order valence-corrected chi connectivity index (χ1v) is 5.47. The Bertz CT molecular complexity index is 367. The van der Waals surface area contributed by atoms with Gasteiger partial charge >= 0.3 is 0 Å². The highest BCUT2D eigenvalue weighted by Crippen LogP contribution is 2.30. The molecule has 1 atom stereocenters. The van der Waals surface area contributed by atoms with E-state index in [4.69, 9.17) is 4.74 Å². The zero-order valence-electron chi connectivity index (χ0n) is 7.96. The number of hydrogen-bond acceptors (Lipinski definition) is 3. The highest BCUT2D eigenvalue weighted by atomic mass is 79.9. The van der Waals surface area contributed by atoms with E-state index in [0.29, 0.717) is 25.3 Å². The lowest BCUT2D eigenvalue weighted by Crippen LogP contribution is -2.34. The number of nitrogens with one attached hydrogen (secondary N) is 1. The first-order chi connectivity index (χ1) is 7.18. The number of hydrogen-bond donors (Lipinski definition) is 2. The van der Waals surface area contributed by atoms with Crippen molar-refractivity contribution in [3.63, 3.8) is 0 Å². The van der Waals surface area contributed by atoms with Crippen LogP contribution in [0.1, 0.15) is 11.6 Å². The molecule has 0 aromatic heterocycles. The van der Waals surface area contributed by atoms with Crippen LogP contribution < -0.4 is 5.32 Å². The summed E-state index contributed by atoms with van der Waals surface area (Å²) in [5.41, 5.74) is 0.537. The molecule has 0 amide bonds. The van der Waals surface area contributed by atoms with Crippen LogP contribution >= 0.6 is 15.9 Å². The molecule has 1 heterocycles. The minimum absolute atomic E-state index is 0.0753. The Morgan fingerprint density at radius 2 is 2.33 bits per heavy atom. The van der Waals surface area contributed by atoms with Gasteiger partial charge in [-0.15, -0.1) is 0 Å². The molecule has 0 radical (unpaired) electrons. The Morgan fingerprint density at radius 3 is 3.00 bits per heavy atom. The van der Waals surface area contributed by atoms with E-state index in [1.165, 1.54) is 12.1 Å². The van der Waals surface area contributed by atoms with Crippen LogP contribution in [0.4, 0.5) is 4.39 Å². The molecule has 2 rings (SSSR count). The van der Waals surface area contributed by atoms with Gasteiger partial charge in [-0.3, -0.25) is 0 Å². The quantitative estimate of drug-likeness (QED) is 0.823. The molecule has 0 aliphatic carbocycles. The summed E-state index contributed by atoms with van der Waals surface area (Å²) in [6, 6.07) is 2.55. The lowest BCUT2D eigenvalue weighted by Gasteiger charge is -2.24. The predicted molar refractivity (Wildman–Crippen MR) is 57.3 cm³/mol. The zero-order valence-corrected chi connectivity index (χ0v) is 9.55. The molecule has 0 spiro atoms. The van der Waals surface area contributed by atoms with Gasteiger partial charge in [-0.2, -0.15) is 0 Å². The van der Waals surface area contributed by atoms with Crippen molar-refractivity contribution in [1.29, 1.82) is 0 Å². The van der Waals surface area contributed by atoms with E-state index >= 15 is 0 Å². The Hall–Kier alpha value is -0.650. The number of benzene rings is 1. The molecule has 1 saturated heterocycles. The predicted octanol–water partition coefficient (Wildman–Crippen LogP) is 1.95. The molecule has 15 heavy (non-hydrogen) atoms. The number of aromatic hydroxyl groups is 1. The Morgan fingerprint density at radius 1 is 1.53 bits per heavy atom. The summed E-state index contributed by atoms with van der Waals surface area (Å²) >= 11 is 3.02. The molecule has 1 aromatic rings. The monoisotopic (exact) mass is 275 g/mol. The molecule has 0 bridgehead atoms. The molecule has 1 unspecified atom stereocenters. The third kappa shape index (κ3) is 2.30. The number of ether oxygens (including phenoxy) is 1. The smallest absolute Gasteiger partial charge is 0.137 e. The van der Waals surface area contributed by atoms with Crippen molar-refractivity contribution in [3.05, 3.63) is 28.0 Å². The van der Waals surface area contributed by atoms with Gasteiger partial charge in [0.15, 0.2) is 0 Å². The first-order valence-electron chi connectivity index (χ1n) is 4.67. The van der Waals surface area contributed by atoms with Gasteiger partial charge in [0, 0.05) is 12.1 Å². The summed E-state index contributed by atoms with van der Waals surface area (Å²) in [6.07, 6.45) is 0. The van der Waals surface area contributed by atoms with Gasteiger partial charge < -0.3 is 15.2 Å². The van der Waals surface area contributed by atoms with Gasteiger partial charge in [-0.1, -0.05) is 0 Å². The van der Waals surface area contributed by atoms with Crippen LogP contribution in [0.5, 0.6) is 5.75 Å². The van der Waals surface area contributed by atoms with E-state index in [9.17, 15) is 9.50 Å². The molecule has 0 saturated carbocycles. The zero-order chi connectivity index (χ0) is 10.8. The summed E-state index contributed by atoms with van der Waals surface area (Å²) in [5, 5.41) is 12.8. The number of rotatable bonds is 1. The Labute approximate surface area is 95.4 Å². The highest BCUT2D eigenvalue weighted by Gasteiger charge is 2.20. The van der Waals surface area contributed by atoms with Crippen LogP contribution in [-0.4, -0.2) is 24.9 Å². The van der Waals surface area contributed by atoms with Gasteiger partial charge in [0.1, 0.15) is 11.6 Å². The minimum atomic E-state index is -0.379. The molecule has 5 heteroatoms. The van der Waals surface area contributed by atoms with Crippen molar-refractivity contribution in [2.24, 2.45) is 0 Å². The van der Waals surface area contributed by atoms with Crippen LogP contribution in [0.25, 0.3) is 0 Å². The summed E-state index contributed by atoms with van der Waals surface area (Å²) in [7, 11) is 0. The SMILES string of the molecule is Oc1cc(Br)c(F)cc1C1COCCN1. The van der Waals surface area contributed by atoms with Crippen LogP contribution in [0.3, 0.4) is 0 Å². The molecular weight excluding hydrogens is 265 g/mol.